The molecular formula is C17H13ClF3N5. The van der Waals surface area contributed by atoms with E-state index in [9.17, 15) is 13.2 Å². The van der Waals surface area contributed by atoms with Crippen molar-refractivity contribution in [2.75, 3.05) is 17.3 Å². The molecule has 0 fully saturated rings. The maximum Gasteiger partial charge on any atom is 0.416 e. The average molecular weight is 380 g/mol. The second-order valence-corrected chi connectivity index (χ2v) is 5.76. The van der Waals surface area contributed by atoms with E-state index in [4.69, 9.17) is 11.6 Å². The lowest BCUT2D eigenvalue weighted by Gasteiger charge is -2.17. The first-order chi connectivity index (χ1) is 12.3. The minimum Gasteiger partial charge on any atom is -0.338 e. The summed E-state index contributed by atoms with van der Waals surface area (Å²) in [6.07, 6.45) is -3.16. The second-order valence-electron chi connectivity index (χ2n) is 5.35. The topological polar surface area (TPSA) is 53.9 Å². The number of hydrogen-bond acceptors (Lipinski definition) is 5. The van der Waals surface area contributed by atoms with Crippen molar-refractivity contribution in [2.24, 2.45) is 0 Å². The highest BCUT2D eigenvalue weighted by atomic mass is 35.5. The van der Waals surface area contributed by atoms with Crippen LogP contribution in [0.2, 0.25) is 5.02 Å². The van der Waals surface area contributed by atoms with E-state index in [1.807, 2.05) is 30.3 Å². The van der Waals surface area contributed by atoms with Gasteiger partial charge in [-0.05, 0) is 30.3 Å². The molecule has 0 amide bonds. The summed E-state index contributed by atoms with van der Waals surface area (Å²) in [5, 5.41) is 10.7. The number of benzene rings is 2. The molecule has 0 saturated carbocycles. The lowest BCUT2D eigenvalue weighted by atomic mass is 10.2. The first-order valence-electron chi connectivity index (χ1n) is 7.47. The van der Waals surface area contributed by atoms with Crippen LogP contribution in [-0.2, 0) is 6.18 Å². The fourth-order valence-electron chi connectivity index (χ4n) is 2.20. The lowest BCUT2D eigenvalue weighted by Crippen LogP contribution is -2.14. The molecule has 0 radical (unpaired) electrons. The number of para-hydroxylation sites is 1. The highest BCUT2D eigenvalue weighted by Crippen LogP contribution is 2.34. The third kappa shape index (κ3) is 4.02. The zero-order chi connectivity index (χ0) is 18.7. The summed E-state index contributed by atoms with van der Waals surface area (Å²) < 4.78 is 38.6. The van der Waals surface area contributed by atoms with Gasteiger partial charge in [0.05, 0.1) is 22.5 Å². The molecule has 0 aliphatic rings. The van der Waals surface area contributed by atoms with Gasteiger partial charge in [0.25, 0.3) is 5.95 Å². The van der Waals surface area contributed by atoms with E-state index in [0.717, 1.165) is 17.8 Å². The zero-order valence-corrected chi connectivity index (χ0v) is 14.3. The van der Waals surface area contributed by atoms with Gasteiger partial charge in [0.15, 0.2) is 5.82 Å². The molecule has 0 unspecified atom stereocenters. The molecule has 134 valence electrons. The average Bonchev–Trinajstić information content (AvgIpc) is 2.63. The molecule has 3 rings (SSSR count). The van der Waals surface area contributed by atoms with E-state index >= 15 is 0 Å². The minimum absolute atomic E-state index is 0.0790. The summed E-state index contributed by atoms with van der Waals surface area (Å²) in [4.78, 5) is 5.98. The van der Waals surface area contributed by atoms with Crippen LogP contribution in [0.4, 0.5) is 36.3 Å². The molecule has 0 aliphatic heterocycles. The van der Waals surface area contributed by atoms with Gasteiger partial charge in [-0.3, -0.25) is 0 Å². The van der Waals surface area contributed by atoms with Gasteiger partial charge in [-0.15, -0.1) is 5.10 Å². The summed E-state index contributed by atoms with van der Waals surface area (Å²) in [5.74, 6) is 0.503. The van der Waals surface area contributed by atoms with Crippen LogP contribution in [0, 0.1) is 0 Å². The third-order valence-electron chi connectivity index (χ3n) is 3.55. The van der Waals surface area contributed by atoms with Gasteiger partial charge in [-0.25, -0.2) is 0 Å². The Kier molecular flexibility index (Phi) is 4.94. The number of hydrogen-bond donors (Lipinski definition) is 1. The molecule has 2 aromatic carbocycles. The molecule has 0 spiro atoms. The van der Waals surface area contributed by atoms with E-state index in [1.54, 1.807) is 11.9 Å². The zero-order valence-electron chi connectivity index (χ0n) is 13.5. The molecule has 1 heterocycles. The minimum atomic E-state index is -4.47. The fourth-order valence-corrected chi connectivity index (χ4v) is 2.36. The van der Waals surface area contributed by atoms with Crippen LogP contribution in [0.15, 0.2) is 54.7 Å². The van der Waals surface area contributed by atoms with E-state index in [2.05, 4.69) is 20.5 Å². The van der Waals surface area contributed by atoms with Gasteiger partial charge in [-0.1, -0.05) is 29.8 Å². The Morgan fingerprint density at radius 3 is 2.50 bits per heavy atom. The molecule has 5 nitrogen and oxygen atoms in total. The number of alkyl halides is 3. The Balaban J connectivity index is 1.88. The van der Waals surface area contributed by atoms with Crippen LogP contribution in [0.25, 0.3) is 0 Å². The van der Waals surface area contributed by atoms with Crippen molar-refractivity contribution in [3.8, 4) is 0 Å². The summed E-state index contributed by atoms with van der Waals surface area (Å²) in [7, 11) is 1.76. The fraction of sp³-hybridized carbons (Fsp3) is 0.118. The molecule has 26 heavy (non-hydrogen) atoms. The van der Waals surface area contributed by atoms with Crippen molar-refractivity contribution in [1.29, 1.82) is 0 Å². The maximum atomic E-state index is 12.9. The van der Waals surface area contributed by atoms with Gasteiger partial charge in [0.2, 0.25) is 0 Å². The number of nitrogens with zero attached hydrogens (tertiary/aromatic N) is 4. The molecule has 0 atom stereocenters. The van der Waals surface area contributed by atoms with E-state index in [1.165, 1.54) is 12.3 Å². The normalized spacial score (nSPS) is 11.3. The first kappa shape index (κ1) is 17.9. The van der Waals surface area contributed by atoms with Gasteiger partial charge >= 0.3 is 6.18 Å². The van der Waals surface area contributed by atoms with Crippen LogP contribution >= 0.6 is 11.6 Å². The predicted octanol–water partition coefficient (Wildman–Crippen LogP) is 5.06. The number of rotatable bonds is 4. The second kappa shape index (κ2) is 7.17. The van der Waals surface area contributed by atoms with E-state index in [0.29, 0.717) is 0 Å². The molecule has 1 N–H and O–H groups in total. The Bertz CT molecular complexity index is 902. The summed E-state index contributed by atoms with van der Waals surface area (Å²) >= 11 is 5.99. The Hall–Kier alpha value is -2.87. The van der Waals surface area contributed by atoms with E-state index < -0.39 is 11.7 Å². The Morgan fingerprint density at radius 1 is 1.08 bits per heavy atom. The molecular weight excluding hydrogens is 367 g/mol. The van der Waals surface area contributed by atoms with Gasteiger partial charge < -0.3 is 10.2 Å². The van der Waals surface area contributed by atoms with Crippen LogP contribution in [-0.4, -0.2) is 22.2 Å². The quantitative estimate of drug-likeness (QED) is 0.687. The van der Waals surface area contributed by atoms with Crippen molar-refractivity contribution < 1.29 is 13.2 Å². The van der Waals surface area contributed by atoms with Gasteiger partial charge in [0.1, 0.15) is 0 Å². The Morgan fingerprint density at radius 2 is 1.81 bits per heavy atom. The highest BCUT2D eigenvalue weighted by molar-refractivity contribution is 6.33. The standard InChI is InChI=1S/C17H13ClF3N5/c1-26(12-5-3-2-4-6-12)16-24-15(10-22-25-16)23-14-9-11(17(19,20)21)7-8-13(14)18/h2-10H,1H3,(H,23,24,25). The maximum absolute atomic E-state index is 12.9. The molecule has 0 aliphatic carbocycles. The molecule has 1 aromatic heterocycles. The monoisotopic (exact) mass is 379 g/mol. The predicted molar refractivity (Wildman–Crippen MR) is 94.1 cm³/mol. The number of anilines is 4. The Labute approximate surface area is 152 Å². The number of halogens is 4. The SMILES string of the molecule is CN(c1ccccc1)c1nncc(Nc2cc(C(F)(F)F)ccc2Cl)n1. The summed E-state index contributed by atoms with van der Waals surface area (Å²) in [6.45, 7) is 0. The van der Waals surface area contributed by atoms with Crippen LogP contribution < -0.4 is 10.2 Å². The van der Waals surface area contributed by atoms with Gasteiger partial charge in [0, 0.05) is 12.7 Å². The third-order valence-corrected chi connectivity index (χ3v) is 3.88. The van der Waals surface area contributed by atoms with Crippen LogP contribution in [0.3, 0.4) is 0 Å². The largest absolute Gasteiger partial charge is 0.416 e. The van der Waals surface area contributed by atoms with Crippen molar-refractivity contribution in [3.05, 3.63) is 65.3 Å². The van der Waals surface area contributed by atoms with Crippen molar-refractivity contribution in [2.45, 2.75) is 6.18 Å². The van der Waals surface area contributed by atoms with Crippen LogP contribution in [0.1, 0.15) is 5.56 Å². The van der Waals surface area contributed by atoms with Crippen molar-refractivity contribution in [1.82, 2.24) is 15.2 Å². The highest BCUT2D eigenvalue weighted by Gasteiger charge is 2.31. The lowest BCUT2D eigenvalue weighted by molar-refractivity contribution is -0.137. The molecule has 3 aromatic rings. The smallest absolute Gasteiger partial charge is 0.338 e. The van der Waals surface area contributed by atoms with Crippen molar-refractivity contribution >= 4 is 34.7 Å². The van der Waals surface area contributed by atoms with Gasteiger partial charge in [-0.2, -0.15) is 23.3 Å². The van der Waals surface area contributed by atoms with Crippen molar-refractivity contribution in [3.63, 3.8) is 0 Å². The number of nitrogens with one attached hydrogen (secondary N) is 1. The summed E-state index contributed by atoms with van der Waals surface area (Å²) in [5.41, 5.74) is 0.104. The van der Waals surface area contributed by atoms with E-state index in [-0.39, 0.29) is 22.5 Å². The van der Waals surface area contributed by atoms with Crippen LogP contribution in [0.5, 0.6) is 0 Å². The number of aromatic nitrogens is 3. The molecule has 9 heteroatoms. The summed E-state index contributed by atoms with van der Waals surface area (Å²) in [6, 6.07) is 12.4. The first-order valence-corrected chi connectivity index (χ1v) is 7.84. The molecule has 0 bridgehead atoms. The molecule has 0 saturated heterocycles.